The molecule has 0 aliphatic carbocycles. The normalized spacial score (nSPS) is 29.0. The van der Waals surface area contributed by atoms with Crippen LogP contribution in [0.5, 0.6) is 0 Å². The number of nitrogens with one attached hydrogen (secondary N) is 1. The van der Waals surface area contributed by atoms with Crippen LogP contribution in [-0.4, -0.2) is 61.4 Å². The van der Waals surface area contributed by atoms with E-state index in [2.05, 4.69) is 10.2 Å². The van der Waals surface area contributed by atoms with Crippen LogP contribution in [0.25, 0.3) is 0 Å². The van der Waals surface area contributed by atoms with Crippen molar-refractivity contribution in [2.45, 2.75) is 45.1 Å². The Labute approximate surface area is 128 Å². The third-order valence-corrected chi connectivity index (χ3v) is 4.69. The molecule has 21 heavy (non-hydrogen) atoms. The molecule has 0 bridgehead atoms. The second-order valence-corrected chi connectivity index (χ2v) is 6.45. The van der Waals surface area contributed by atoms with E-state index in [9.17, 15) is 9.90 Å². The Bertz CT molecular complexity index is 319. The molecule has 2 fully saturated rings. The van der Waals surface area contributed by atoms with Gasteiger partial charge in [0.2, 0.25) is 0 Å². The summed E-state index contributed by atoms with van der Waals surface area (Å²) < 4.78 is 5.04. The van der Waals surface area contributed by atoms with Crippen molar-refractivity contribution in [3.63, 3.8) is 0 Å². The van der Waals surface area contributed by atoms with Gasteiger partial charge in [0.05, 0.1) is 12.7 Å². The molecule has 0 saturated carbocycles. The van der Waals surface area contributed by atoms with Crippen molar-refractivity contribution >= 4 is 5.97 Å². The van der Waals surface area contributed by atoms with Crippen LogP contribution in [0.15, 0.2) is 0 Å². The van der Waals surface area contributed by atoms with E-state index in [1.54, 1.807) is 0 Å². The lowest BCUT2D eigenvalue weighted by atomic mass is 9.91. The second-order valence-electron chi connectivity index (χ2n) is 6.45. The van der Waals surface area contributed by atoms with E-state index < -0.39 is 0 Å². The molecular weight excluding hydrogens is 268 g/mol. The summed E-state index contributed by atoms with van der Waals surface area (Å²) in [6.45, 7) is 7.01. The van der Waals surface area contributed by atoms with Crippen LogP contribution >= 0.6 is 0 Å². The fourth-order valence-electron chi connectivity index (χ4n) is 3.56. The summed E-state index contributed by atoms with van der Waals surface area (Å²) in [6, 6.07) is 0. The zero-order valence-electron chi connectivity index (χ0n) is 13.2. The Morgan fingerprint density at radius 2 is 2.29 bits per heavy atom. The Hall–Kier alpha value is -0.650. The fraction of sp³-hybridized carbons (Fsp3) is 0.938. The number of ether oxygens (including phenoxy) is 1. The lowest BCUT2D eigenvalue weighted by Gasteiger charge is -2.36. The van der Waals surface area contributed by atoms with Crippen LogP contribution in [0, 0.1) is 11.8 Å². The van der Waals surface area contributed by atoms with Gasteiger partial charge < -0.3 is 20.1 Å². The van der Waals surface area contributed by atoms with Crippen LogP contribution in [-0.2, 0) is 9.53 Å². The van der Waals surface area contributed by atoms with Crippen LogP contribution in [0.3, 0.4) is 0 Å². The number of nitrogens with zero attached hydrogens (tertiary/aromatic N) is 1. The van der Waals surface area contributed by atoms with E-state index >= 15 is 0 Å². The Kier molecular flexibility index (Phi) is 6.93. The van der Waals surface area contributed by atoms with Crippen molar-refractivity contribution in [2.24, 2.45) is 11.8 Å². The number of rotatable bonds is 6. The average Bonchev–Trinajstić information content (AvgIpc) is 2.48. The zero-order valence-corrected chi connectivity index (χ0v) is 13.2. The summed E-state index contributed by atoms with van der Waals surface area (Å²) in [5, 5.41) is 13.8. The van der Waals surface area contributed by atoms with Gasteiger partial charge in [0, 0.05) is 26.1 Å². The predicted molar refractivity (Wildman–Crippen MR) is 82.0 cm³/mol. The molecule has 2 rings (SSSR count). The van der Waals surface area contributed by atoms with Gasteiger partial charge in [-0.1, -0.05) is 0 Å². The molecule has 2 aliphatic heterocycles. The topological polar surface area (TPSA) is 61.8 Å². The van der Waals surface area contributed by atoms with Crippen molar-refractivity contribution < 1.29 is 14.6 Å². The highest BCUT2D eigenvalue weighted by atomic mass is 16.5. The Morgan fingerprint density at radius 3 is 3.00 bits per heavy atom. The van der Waals surface area contributed by atoms with Crippen LogP contribution in [0.1, 0.15) is 39.0 Å². The molecule has 0 aromatic rings. The molecular formula is C16H30N2O3. The first kappa shape index (κ1) is 16.7. The van der Waals surface area contributed by atoms with E-state index in [0.29, 0.717) is 24.9 Å². The maximum atomic E-state index is 11.6. The fourth-order valence-corrected chi connectivity index (χ4v) is 3.56. The van der Waals surface area contributed by atoms with Gasteiger partial charge in [-0.3, -0.25) is 4.79 Å². The molecule has 2 aliphatic rings. The van der Waals surface area contributed by atoms with Gasteiger partial charge in [-0.25, -0.2) is 0 Å². The first-order valence-electron chi connectivity index (χ1n) is 8.45. The molecule has 0 spiro atoms. The number of aliphatic hydroxyl groups excluding tert-OH is 1. The van der Waals surface area contributed by atoms with E-state index in [1.165, 1.54) is 0 Å². The maximum absolute atomic E-state index is 11.6. The number of aliphatic hydroxyl groups is 1. The number of hydrogen-bond donors (Lipinski definition) is 2. The predicted octanol–water partition coefficient (Wildman–Crippen LogP) is 1.01. The monoisotopic (exact) mass is 298 g/mol. The Morgan fingerprint density at radius 1 is 1.43 bits per heavy atom. The lowest BCUT2D eigenvalue weighted by Crippen LogP contribution is -2.46. The van der Waals surface area contributed by atoms with E-state index in [0.717, 1.165) is 58.4 Å². The third kappa shape index (κ3) is 5.57. The first-order valence-corrected chi connectivity index (χ1v) is 8.45. The summed E-state index contributed by atoms with van der Waals surface area (Å²) in [4.78, 5) is 13.9. The van der Waals surface area contributed by atoms with Crippen LogP contribution < -0.4 is 5.32 Å². The van der Waals surface area contributed by atoms with Gasteiger partial charge in [-0.2, -0.15) is 0 Å². The van der Waals surface area contributed by atoms with Gasteiger partial charge in [-0.05, 0) is 57.5 Å². The molecule has 2 N–H and O–H groups in total. The number of carbonyl (C=O) groups is 1. The highest BCUT2D eigenvalue weighted by Gasteiger charge is 2.27. The summed E-state index contributed by atoms with van der Waals surface area (Å²) in [5.74, 6) is 0.681. The molecule has 2 saturated heterocycles. The number of likely N-dealkylation sites (tertiary alicyclic amines) is 1. The van der Waals surface area contributed by atoms with Crippen LogP contribution in [0.2, 0.25) is 0 Å². The smallest absolute Gasteiger partial charge is 0.306 e. The molecule has 5 heteroatoms. The SMILES string of the molecule is CCOC(=O)CC1CCCN(CC(O)C2CCCNC2)C1. The van der Waals surface area contributed by atoms with Crippen molar-refractivity contribution in [3.05, 3.63) is 0 Å². The average molecular weight is 298 g/mol. The summed E-state index contributed by atoms with van der Waals surface area (Å²) in [6.07, 6.45) is 4.75. The minimum Gasteiger partial charge on any atom is -0.466 e. The summed E-state index contributed by atoms with van der Waals surface area (Å²) in [7, 11) is 0. The zero-order chi connectivity index (χ0) is 15.1. The first-order chi connectivity index (χ1) is 10.2. The van der Waals surface area contributed by atoms with Crippen molar-refractivity contribution in [2.75, 3.05) is 39.3 Å². The van der Waals surface area contributed by atoms with Gasteiger partial charge in [0.25, 0.3) is 0 Å². The molecule has 5 nitrogen and oxygen atoms in total. The molecule has 3 unspecified atom stereocenters. The molecule has 3 atom stereocenters. The third-order valence-electron chi connectivity index (χ3n) is 4.69. The van der Waals surface area contributed by atoms with Gasteiger partial charge in [0.15, 0.2) is 0 Å². The van der Waals surface area contributed by atoms with Crippen LogP contribution in [0.4, 0.5) is 0 Å². The van der Waals surface area contributed by atoms with Crippen molar-refractivity contribution in [1.82, 2.24) is 10.2 Å². The molecule has 122 valence electrons. The lowest BCUT2D eigenvalue weighted by molar-refractivity contribution is -0.144. The van der Waals surface area contributed by atoms with Gasteiger partial charge in [0.1, 0.15) is 0 Å². The molecule has 0 aromatic heterocycles. The number of carbonyl (C=O) groups excluding carboxylic acids is 1. The molecule has 0 radical (unpaired) electrons. The minimum atomic E-state index is -0.251. The Balaban J connectivity index is 1.73. The number of esters is 1. The molecule has 2 heterocycles. The quantitative estimate of drug-likeness (QED) is 0.717. The summed E-state index contributed by atoms with van der Waals surface area (Å²) >= 11 is 0. The van der Waals surface area contributed by atoms with E-state index in [-0.39, 0.29) is 12.1 Å². The van der Waals surface area contributed by atoms with E-state index in [4.69, 9.17) is 4.74 Å². The maximum Gasteiger partial charge on any atom is 0.306 e. The van der Waals surface area contributed by atoms with E-state index in [1.807, 2.05) is 6.92 Å². The van der Waals surface area contributed by atoms with Crippen molar-refractivity contribution in [1.29, 1.82) is 0 Å². The van der Waals surface area contributed by atoms with Crippen molar-refractivity contribution in [3.8, 4) is 0 Å². The highest BCUT2D eigenvalue weighted by molar-refractivity contribution is 5.69. The van der Waals surface area contributed by atoms with Gasteiger partial charge >= 0.3 is 5.97 Å². The molecule has 0 aromatic carbocycles. The number of hydrogen-bond acceptors (Lipinski definition) is 5. The molecule has 0 amide bonds. The number of piperidine rings is 2. The standard InChI is InChI=1S/C16H30N2O3/c1-2-21-16(20)9-13-5-4-8-18(11-13)12-15(19)14-6-3-7-17-10-14/h13-15,17,19H,2-12H2,1H3. The van der Waals surface area contributed by atoms with Gasteiger partial charge in [-0.15, -0.1) is 0 Å². The number of β-amino-alcohol motifs (C(OH)–C–C–N with tert-alkyl or cyclic N) is 1. The second kappa shape index (κ2) is 8.71. The summed E-state index contributed by atoms with van der Waals surface area (Å²) in [5.41, 5.74) is 0. The largest absolute Gasteiger partial charge is 0.466 e. The minimum absolute atomic E-state index is 0.0821. The highest BCUT2D eigenvalue weighted by Crippen LogP contribution is 2.22.